The summed E-state index contributed by atoms with van der Waals surface area (Å²) in [7, 11) is 3.80. The van der Waals surface area contributed by atoms with Gasteiger partial charge in [0.25, 0.3) is 0 Å². The van der Waals surface area contributed by atoms with Crippen LogP contribution in [0.1, 0.15) is 36.8 Å². The largest absolute Gasteiger partial charge is 0.493 e. The van der Waals surface area contributed by atoms with E-state index < -0.39 is 17.1 Å². The van der Waals surface area contributed by atoms with Gasteiger partial charge in [-0.1, -0.05) is 6.07 Å². The summed E-state index contributed by atoms with van der Waals surface area (Å²) in [6.45, 7) is 0.912. The fraction of sp³-hybridized carbons (Fsp3) is 0.684. The number of hydrogen-bond donors (Lipinski definition) is 2. The van der Waals surface area contributed by atoms with Crippen LogP contribution in [0.3, 0.4) is 0 Å². The first-order chi connectivity index (χ1) is 11.5. The second-order valence-corrected chi connectivity index (χ2v) is 8.07. The highest BCUT2D eigenvalue weighted by molar-refractivity contribution is 5.61. The van der Waals surface area contributed by atoms with Gasteiger partial charge in [-0.25, -0.2) is 0 Å². The molecular formula is C19H25NO4. The summed E-state index contributed by atoms with van der Waals surface area (Å²) < 4.78 is 11.9. The van der Waals surface area contributed by atoms with Crippen LogP contribution >= 0.6 is 0 Å². The average Bonchev–Trinajstić information content (AvgIpc) is 2.82. The van der Waals surface area contributed by atoms with Gasteiger partial charge in [0.15, 0.2) is 11.5 Å². The number of methoxy groups -OCH3 is 1. The zero-order valence-corrected chi connectivity index (χ0v) is 14.3. The van der Waals surface area contributed by atoms with E-state index >= 15 is 0 Å². The summed E-state index contributed by atoms with van der Waals surface area (Å²) in [6.07, 6.45) is 2.76. The molecule has 0 amide bonds. The topological polar surface area (TPSA) is 62.2 Å². The maximum atomic E-state index is 11.8. The van der Waals surface area contributed by atoms with Gasteiger partial charge < -0.3 is 24.6 Å². The fourth-order valence-electron chi connectivity index (χ4n) is 5.92. The minimum absolute atomic E-state index is 0.327. The molecule has 2 N–H and O–H groups in total. The van der Waals surface area contributed by atoms with Gasteiger partial charge in [-0.2, -0.15) is 0 Å². The van der Waals surface area contributed by atoms with E-state index in [9.17, 15) is 10.2 Å². The lowest BCUT2D eigenvalue weighted by atomic mass is 9.56. The number of likely N-dealkylation sites (tertiary alicyclic amines) is 1. The predicted molar refractivity (Wildman–Crippen MR) is 88.6 cm³/mol. The third kappa shape index (κ3) is 1.56. The van der Waals surface area contributed by atoms with E-state index in [0.29, 0.717) is 24.6 Å². The summed E-state index contributed by atoms with van der Waals surface area (Å²) in [4.78, 5) is 2.37. The lowest BCUT2D eigenvalue weighted by Crippen LogP contribution is -2.64. The summed E-state index contributed by atoms with van der Waals surface area (Å²) in [5.74, 6) is 1.47. The summed E-state index contributed by atoms with van der Waals surface area (Å²) in [5, 5.41) is 22.6. The molecule has 5 atom stereocenters. The molecule has 0 radical (unpaired) electrons. The van der Waals surface area contributed by atoms with E-state index in [-0.39, 0.29) is 6.10 Å². The Morgan fingerprint density at radius 3 is 2.96 bits per heavy atom. The van der Waals surface area contributed by atoms with Gasteiger partial charge in [-0.15, -0.1) is 0 Å². The number of fused-ring (bicyclic) bond motifs is 1. The second-order valence-electron chi connectivity index (χ2n) is 8.07. The summed E-state index contributed by atoms with van der Waals surface area (Å²) >= 11 is 0. The van der Waals surface area contributed by atoms with E-state index in [1.807, 2.05) is 6.07 Å². The number of likely N-dealkylation sites (N-methyl/N-ethyl adjacent to an activating group) is 1. The Balaban J connectivity index is 1.85. The van der Waals surface area contributed by atoms with E-state index in [0.717, 1.165) is 37.1 Å². The zero-order valence-electron chi connectivity index (χ0n) is 14.3. The average molecular weight is 331 g/mol. The van der Waals surface area contributed by atoms with E-state index in [2.05, 4.69) is 18.0 Å². The molecule has 5 rings (SSSR count). The Bertz CT molecular complexity index is 707. The molecule has 0 aromatic heterocycles. The van der Waals surface area contributed by atoms with Crippen LogP contribution in [-0.4, -0.2) is 59.7 Å². The molecule has 2 aliphatic carbocycles. The number of hydrogen-bond acceptors (Lipinski definition) is 5. The molecule has 1 aromatic rings. The van der Waals surface area contributed by atoms with Crippen LogP contribution in [0.4, 0.5) is 0 Å². The molecule has 1 saturated heterocycles. The Labute approximate surface area is 142 Å². The molecule has 2 aliphatic heterocycles. The van der Waals surface area contributed by atoms with Gasteiger partial charge in [-0.3, -0.25) is 0 Å². The Hall–Kier alpha value is -1.30. The molecule has 2 bridgehead atoms. The summed E-state index contributed by atoms with van der Waals surface area (Å²) in [6, 6.07) is 4.42. The Morgan fingerprint density at radius 1 is 1.33 bits per heavy atom. The monoisotopic (exact) mass is 331 g/mol. The van der Waals surface area contributed by atoms with Crippen molar-refractivity contribution in [2.75, 3.05) is 20.7 Å². The third-order valence-electron chi connectivity index (χ3n) is 7.15. The summed E-state index contributed by atoms with van der Waals surface area (Å²) in [5.41, 5.74) is 1.01. The van der Waals surface area contributed by atoms with Crippen molar-refractivity contribution < 1.29 is 19.7 Å². The molecule has 1 aromatic carbocycles. The number of aliphatic hydroxyl groups is 2. The third-order valence-corrected chi connectivity index (χ3v) is 7.15. The molecule has 5 unspecified atom stereocenters. The van der Waals surface area contributed by atoms with Crippen molar-refractivity contribution in [2.24, 2.45) is 0 Å². The van der Waals surface area contributed by atoms with Gasteiger partial charge in [0.2, 0.25) is 0 Å². The highest BCUT2D eigenvalue weighted by atomic mass is 16.5. The van der Waals surface area contributed by atoms with Crippen molar-refractivity contribution in [3.63, 3.8) is 0 Å². The molecule has 5 nitrogen and oxygen atoms in total. The SMILES string of the molecule is COc1ccc2c3c1OC1C(O)CCC4(O)CC(C2)N(C)CCC314. The van der Waals surface area contributed by atoms with Crippen LogP contribution < -0.4 is 9.47 Å². The second kappa shape index (κ2) is 4.65. The van der Waals surface area contributed by atoms with Crippen molar-refractivity contribution in [1.82, 2.24) is 4.90 Å². The first-order valence-electron chi connectivity index (χ1n) is 8.98. The smallest absolute Gasteiger partial charge is 0.166 e. The predicted octanol–water partition coefficient (Wildman–Crippen LogP) is 1.23. The number of ether oxygens (including phenoxy) is 2. The minimum Gasteiger partial charge on any atom is -0.493 e. The van der Waals surface area contributed by atoms with Crippen molar-refractivity contribution in [3.8, 4) is 11.5 Å². The van der Waals surface area contributed by atoms with E-state index in [4.69, 9.17) is 9.47 Å². The van der Waals surface area contributed by atoms with E-state index in [1.54, 1.807) is 7.11 Å². The first kappa shape index (κ1) is 15.0. The number of benzene rings is 1. The van der Waals surface area contributed by atoms with Crippen LogP contribution in [0, 0.1) is 0 Å². The van der Waals surface area contributed by atoms with Crippen molar-refractivity contribution in [3.05, 3.63) is 23.3 Å². The molecular weight excluding hydrogens is 306 g/mol. The van der Waals surface area contributed by atoms with Crippen LogP contribution in [-0.2, 0) is 11.8 Å². The Kier molecular flexibility index (Phi) is 2.91. The fourth-order valence-corrected chi connectivity index (χ4v) is 5.92. The first-order valence-corrected chi connectivity index (χ1v) is 8.98. The number of nitrogens with zero attached hydrogens (tertiary/aromatic N) is 1. The van der Waals surface area contributed by atoms with Gasteiger partial charge in [0, 0.05) is 11.6 Å². The van der Waals surface area contributed by atoms with Crippen LogP contribution in [0.5, 0.6) is 11.5 Å². The zero-order chi connectivity index (χ0) is 16.7. The molecule has 4 aliphatic rings. The van der Waals surface area contributed by atoms with Crippen LogP contribution in [0.25, 0.3) is 0 Å². The maximum absolute atomic E-state index is 11.8. The molecule has 1 saturated carbocycles. The Morgan fingerprint density at radius 2 is 2.17 bits per heavy atom. The van der Waals surface area contributed by atoms with Gasteiger partial charge in [0.1, 0.15) is 6.10 Å². The van der Waals surface area contributed by atoms with Crippen molar-refractivity contribution in [1.29, 1.82) is 0 Å². The molecule has 2 fully saturated rings. The quantitative estimate of drug-likeness (QED) is 0.810. The van der Waals surface area contributed by atoms with Gasteiger partial charge in [0.05, 0.1) is 24.2 Å². The standard InChI is InChI=1S/C19H25NO4/c1-20-8-7-19-15-11-3-4-14(23-2)16(15)24-17(19)13(21)5-6-18(19,22)10-12(20)9-11/h3-4,12-13,17,21-22H,5-10H2,1-2H3. The molecule has 2 heterocycles. The van der Waals surface area contributed by atoms with Crippen LogP contribution in [0.2, 0.25) is 0 Å². The molecule has 130 valence electrons. The molecule has 1 spiro atoms. The number of rotatable bonds is 1. The minimum atomic E-state index is -0.824. The van der Waals surface area contributed by atoms with Crippen LogP contribution in [0.15, 0.2) is 12.1 Å². The molecule has 24 heavy (non-hydrogen) atoms. The maximum Gasteiger partial charge on any atom is 0.166 e. The van der Waals surface area contributed by atoms with Gasteiger partial charge >= 0.3 is 0 Å². The van der Waals surface area contributed by atoms with E-state index in [1.165, 1.54) is 5.56 Å². The van der Waals surface area contributed by atoms with Crippen molar-refractivity contribution in [2.45, 2.75) is 61.4 Å². The van der Waals surface area contributed by atoms with Gasteiger partial charge in [-0.05, 0) is 57.3 Å². The lowest BCUT2D eigenvalue weighted by molar-refractivity contribution is -0.148. The molecule has 5 heteroatoms. The highest BCUT2D eigenvalue weighted by Gasteiger charge is 2.68. The number of aliphatic hydroxyl groups excluding tert-OH is 1. The normalized spacial score (nSPS) is 42.9. The van der Waals surface area contributed by atoms with Crippen molar-refractivity contribution >= 4 is 0 Å². The highest BCUT2D eigenvalue weighted by Crippen LogP contribution is 2.63. The lowest BCUT2D eigenvalue weighted by Gasteiger charge is -2.51.